The smallest absolute Gasteiger partial charge is 0.122 e. The van der Waals surface area contributed by atoms with Gasteiger partial charge in [0.15, 0.2) is 0 Å². The fourth-order valence-corrected chi connectivity index (χ4v) is 1.55. The van der Waals surface area contributed by atoms with Gasteiger partial charge in [0.1, 0.15) is 5.82 Å². The fraction of sp³-hybridized carbons (Fsp3) is 0.583. The third-order valence-corrected chi connectivity index (χ3v) is 2.30. The molecule has 1 aliphatic rings. The predicted molar refractivity (Wildman–Crippen MR) is 62.3 cm³/mol. The van der Waals surface area contributed by atoms with Gasteiger partial charge in [-0.2, -0.15) is 0 Å². The zero-order chi connectivity index (χ0) is 11.1. The van der Waals surface area contributed by atoms with E-state index in [9.17, 15) is 0 Å². The maximum atomic E-state index is 4.29. The Bertz CT molecular complexity index is 343. The van der Waals surface area contributed by atoms with E-state index in [2.05, 4.69) is 26.3 Å². The first-order valence-electron chi connectivity index (χ1n) is 5.52. The third-order valence-electron chi connectivity index (χ3n) is 2.30. The van der Waals surface area contributed by atoms with Crippen LogP contribution in [0.5, 0.6) is 0 Å². The molecule has 0 aromatic carbocycles. The van der Waals surface area contributed by atoms with Gasteiger partial charge in [-0.25, -0.2) is 4.98 Å². The highest BCUT2D eigenvalue weighted by Gasteiger charge is 2.14. The van der Waals surface area contributed by atoms with Crippen molar-refractivity contribution in [1.29, 1.82) is 0 Å². The lowest BCUT2D eigenvalue weighted by Gasteiger charge is -2.25. The van der Waals surface area contributed by atoms with Crippen molar-refractivity contribution in [2.24, 2.45) is 0 Å². The van der Waals surface area contributed by atoms with Crippen molar-refractivity contribution in [3.8, 4) is 11.8 Å². The van der Waals surface area contributed by atoms with Crippen LogP contribution in [0.2, 0.25) is 0 Å². The lowest BCUT2D eigenvalue weighted by molar-refractivity contribution is 0.243. The molecule has 0 N–H and O–H groups in total. The van der Waals surface area contributed by atoms with Crippen molar-refractivity contribution in [3.05, 3.63) is 18.2 Å². The third kappa shape index (κ3) is 3.10. The minimum atomic E-state index is 0.864. The minimum Gasteiger partial charge on any atom is -0.333 e. The van der Waals surface area contributed by atoms with Crippen LogP contribution in [0.3, 0.4) is 0 Å². The Kier molecular flexibility index (Phi) is 4.92. The summed E-state index contributed by atoms with van der Waals surface area (Å²) >= 11 is 0. The van der Waals surface area contributed by atoms with E-state index in [0.717, 1.165) is 32.0 Å². The first-order chi connectivity index (χ1) is 7.40. The van der Waals surface area contributed by atoms with E-state index in [1.165, 1.54) is 0 Å². The van der Waals surface area contributed by atoms with Gasteiger partial charge in [0.2, 0.25) is 0 Å². The van der Waals surface area contributed by atoms with Gasteiger partial charge in [-0.3, -0.25) is 4.90 Å². The largest absolute Gasteiger partial charge is 0.333 e. The highest BCUT2D eigenvalue weighted by molar-refractivity contribution is 5.01. The van der Waals surface area contributed by atoms with Crippen LogP contribution < -0.4 is 0 Å². The quantitative estimate of drug-likeness (QED) is 0.651. The molecule has 0 atom stereocenters. The first-order valence-corrected chi connectivity index (χ1v) is 5.52. The molecular formula is C12H19N3. The van der Waals surface area contributed by atoms with Crippen LogP contribution in [0.4, 0.5) is 0 Å². The van der Waals surface area contributed by atoms with Crippen molar-refractivity contribution >= 4 is 0 Å². The van der Waals surface area contributed by atoms with Crippen LogP contribution in [0.15, 0.2) is 12.4 Å². The molecule has 0 fully saturated rings. The molecule has 1 aromatic rings. The Morgan fingerprint density at radius 3 is 2.93 bits per heavy atom. The number of hydrogen-bond donors (Lipinski definition) is 0. The van der Waals surface area contributed by atoms with E-state index in [1.54, 1.807) is 0 Å². The number of rotatable bonds is 1. The Labute approximate surface area is 92.1 Å². The molecule has 0 radical (unpaired) electrons. The van der Waals surface area contributed by atoms with Crippen LogP contribution in [0.1, 0.15) is 26.6 Å². The van der Waals surface area contributed by atoms with Gasteiger partial charge in [0.05, 0.1) is 13.1 Å². The maximum Gasteiger partial charge on any atom is 0.122 e. The molecule has 2 heterocycles. The highest BCUT2D eigenvalue weighted by Crippen LogP contribution is 2.08. The van der Waals surface area contributed by atoms with Gasteiger partial charge in [-0.15, -0.1) is 5.92 Å². The molecule has 0 amide bonds. The molecule has 3 nitrogen and oxygen atoms in total. The molecule has 3 heteroatoms. The standard InChI is InChI=1S/C10H13N3.C2H6/c1-2-3-5-12-7-8-13-6-4-11-10(13)9-12;1-2/h4,6H,5,7-9H2,1H3;1-2H3. The fourth-order valence-electron chi connectivity index (χ4n) is 1.55. The zero-order valence-electron chi connectivity index (χ0n) is 9.82. The number of imidazole rings is 1. The molecular weight excluding hydrogens is 186 g/mol. The van der Waals surface area contributed by atoms with Crippen LogP contribution in [-0.4, -0.2) is 27.5 Å². The summed E-state index contributed by atoms with van der Waals surface area (Å²) in [6, 6.07) is 0. The van der Waals surface area contributed by atoms with Gasteiger partial charge in [-0.1, -0.05) is 19.8 Å². The molecule has 0 saturated carbocycles. The van der Waals surface area contributed by atoms with E-state index in [-0.39, 0.29) is 0 Å². The van der Waals surface area contributed by atoms with Crippen molar-refractivity contribution < 1.29 is 0 Å². The molecule has 0 unspecified atom stereocenters. The van der Waals surface area contributed by atoms with Gasteiger partial charge in [-0.05, 0) is 6.92 Å². The Morgan fingerprint density at radius 2 is 2.20 bits per heavy atom. The molecule has 0 spiro atoms. The summed E-state index contributed by atoms with van der Waals surface area (Å²) in [5.41, 5.74) is 0. The van der Waals surface area contributed by atoms with E-state index in [4.69, 9.17) is 0 Å². The predicted octanol–water partition coefficient (Wildman–Crippen LogP) is 1.75. The summed E-state index contributed by atoms with van der Waals surface area (Å²) in [5.74, 6) is 7.15. The summed E-state index contributed by atoms with van der Waals surface area (Å²) in [5, 5.41) is 0. The number of hydrogen-bond acceptors (Lipinski definition) is 2. The Morgan fingerprint density at radius 1 is 1.40 bits per heavy atom. The van der Waals surface area contributed by atoms with Crippen LogP contribution >= 0.6 is 0 Å². The van der Waals surface area contributed by atoms with Crippen molar-refractivity contribution in [3.63, 3.8) is 0 Å². The zero-order valence-corrected chi connectivity index (χ0v) is 9.82. The SMILES string of the molecule is CC.CC#CCN1CCn2ccnc2C1. The molecule has 1 aromatic heterocycles. The highest BCUT2D eigenvalue weighted by atomic mass is 15.2. The van der Waals surface area contributed by atoms with E-state index in [1.807, 2.05) is 33.2 Å². The Hall–Kier alpha value is -1.27. The molecule has 2 rings (SSSR count). The summed E-state index contributed by atoms with van der Waals surface area (Å²) in [6.07, 6.45) is 3.91. The lowest BCUT2D eigenvalue weighted by atomic mass is 10.3. The molecule has 15 heavy (non-hydrogen) atoms. The normalized spacial score (nSPS) is 14.3. The number of nitrogens with zero attached hydrogens (tertiary/aromatic N) is 3. The van der Waals surface area contributed by atoms with E-state index >= 15 is 0 Å². The molecule has 0 saturated heterocycles. The van der Waals surface area contributed by atoms with Crippen molar-refractivity contribution in [2.45, 2.75) is 33.9 Å². The lowest BCUT2D eigenvalue weighted by Crippen LogP contribution is -2.33. The van der Waals surface area contributed by atoms with Gasteiger partial charge in [0.25, 0.3) is 0 Å². The summed E-state index contributed by atoms with van der Waals surface area (Å²) in [6.45, 7) is 9.80. The Balaban J connectivity index is 0.000000531. The second-order valence-electron chi connectivity index (χ2n) is 3.17. The van der Waals surface area contributed by atoms with Crippen molar-refractivity contribution in [1.82, 2.24) is 14.5 Å². The average Bonchev–Trinajstić information content (AvgIpc) is 2.76. The van der Waals surface area contributed by atoms with Crippen LogP contribution in [0.25, 0.3) is 0 Å². The summed E-state index contributed by atoms with van der Waals surface area (Å²) in [4.78, 5) is 6.61. The molecule has 1 aliphatic heterocycles. The molecule has 82 valence electrons. The minimum absolute atomic E-state index is 0.864. The van der Waals surface area contributed by atoms with Gasteiger partial charge >= 0.3 is 0 Å². The second-order valence-corrected chi connectivity index (χ2v) is 3.17. The number of fused-ring (bicyclic) bond motifs is 1. The van der Waals surface area contributed by atoms with E-state index < -0.39 is 0 Å². The van der Waals surface area contributed by atoms with Crippen molar-refractivity contribution in [2.75, 3.05) is 13.1 Å². The monoisotopic (exact) mass is 205 g/mol. The second kappa shape index (κ2) is 6.26. The first kappa shape index (κ1) is 11.8. The maximum absolute atomic E-state index is 4.29. The number of aromatic nitrogens is 2. The average molecular weight is 205 g/mol. The van der Waals surface area contributed by atoms with Gasteiger partial charge in [0, 0.05) is 25.5 Å². The molecule has 0 bridgehead atoms. The van der Waals surface area contributed by atoms with Gasteiger partial charge < -0.3 is 4.57 Å². The van der Waals surface area contributed by atoms with E-state index in [0.29, 0.717) is 0 Å². The summed E-state index contributed by atoms with van der Waals surface area (Å²) in [7, 11) is 0. The topological polar surface area (TPSA) is 21.1 Å². The molecule has 0 aliphatic carbocycles. The van der Waals surface area contributed by atoms with Crippen LogP contribution in [-0.2, 0) is 13.1 Å². The van der Waals surface area contributed by atoms with Crippen LogP contribution in [0, 0.1) is 11.8 Å². The summed E-state index contributed by atoms with van der Waals surface area (Å²) < 4.78 is 2.20.